The van der Waals surface area contributed by atoms with E-state index in [0.717, 1.165) is 16.7 Å². The van der Waals surface area contributed by atoms with Gasteiger partial charge in [0, 0.05) is 0 Å². The molecule has 0 saturated carbocycles. The van der Waals surface area contributed by atoms with Gasteiger partial charge >= 0.3 is 0 Å². The standard InChI is InChI=1S/C19H18O2/c1-14(20)18(15(2)21)13-19(16-9-5-3-6-10-16)17-11-7-4-8-12-17/h3-13,20H,1-2H3/b18-14+. The number of ketones is 1. The Labute approximate surface area is 125 Å². The van der Waals surface area contributed by atoms with Crippen LogP contribution in [0.3, 0.4) is 0 Å². The maximum absolute atomic E-state index is 11.7. The normalized spacial score (nSPS) is 11.5. The first-order valence-electron chi connectivity index (χ1n) is 6.83. The number of carbonyl (C=O) groups excluding carboxylic acids is 1. The van der Waals surface area contributed by atoms with Crippen LogP contribution in [0.5, 0.6) is 0 Å². The van der Waals surface area contributed by atoms with Crippen molar-refractivity contribution in [1.29, 1.82) is 0 Å². The Morgan fingerprint density at radius 1 is 0.857 bits per heavy atom. The van der Waals surface area contributed by atoms with E-state index in [4.69, 9.17) is 0 Å². The summed E-state index contributed by atoms with van der Waals surface area (Å²) in [4.78, 5) is 11.7. The lowest BCUT2D eigenvalue weighted by atomic mass is 9.94. The van der Waals surface area contributed by atoms with Crippen LogP contribution in [0.2, 0.25) is 0 Å². The molecule has 21 heavy (non-hydrogen) atoms. The van der Waals surface area contributed by atoms with E-state index in [9.17, 15) is 9.90 Å². The highest BCUT2D eigenvalue weighted by atomic mass is 16.3. The molecule has 0 aliphatic carbocycles. The predicted molar refractivity (Wildman–Crippen MR) is 86.0 cm³/mol. The lowest BCUT2D eigenvalue weighted by molar-refractivity contribution is -0.113. The molecule has 0 atom stereocenters. The number of hydrogen-bond donors (Lipinski definition) is 1. The van der Waals surface area contributed by atoms with Gasteiger partial charge < -0.3 is 5.11 Å². The van der Waals surface area contributed by atoms with E-state index in [1.807, 2.05) is 60.7 Å². The Hall–Kier alpha value is -2.61. The third-order valence-electron chi connectivity index (χ3n) is 3.23. The Morgan fingerprint density at radius 3 is 1.62 bits per heavy atom. The molecule has 2 heteroatoms. The van der Waals surface area contributed by atoms with Crippen LogP contribution in [-0.4, -0.2) is 10.9 Å². The van der Waals surface area contributed by atoms with Gasteiger partial charge in [0.25, 0.3) is 0 Å². The van der Waals surface area contributed by atoms with E-state index in [-0.39, 0.29) is 11.5 Å². The summed E-state index contributed by atoms with van der Waals surface area (Å²) >= 11 is 0. The van der Waals surface area contributed by atoms with Gasteiger partial charge in [0.15, 0.2) is 5.78 Å². The second-order valence-electron chi connectivity index (χ2n) is 4.85. The average molecular weight is 278 g/mol. The van der Waals surface area contributed by atoms with Crippen LogP contribution in [0, 0.1) is 0 Å². The van der Waals surface area contributed by atoms with E-state index in [1.54, 1.807) is 6.08 Å². The fourth-order valence-corrected chi connectivity index (χ4v) is 2.17. The average Bonchev–Trinajstić information content (AvgIpc) is 2.49. The molecule has 0 radical (unpaired) electrons. The summed E-state index contributed by atoms with van der Waals surface area (Å²) < 4.78 is 0. The highest BCUT2D eigenvalue weighted by Crippen LogP contribution is 2.25. The molecule has 0 saturated heterocycles. The van der Waals surface area contributed by atoms with Crippen molar-refractivity contribution in [3.63, 3.8) is 0 Å². The van der Waals surface area contributed by atoms with Crippen molar-refractivity contribution in [2.24, 2.45) is 0 Å². The first kappa shape index (κ1) is 14.8. The minimum absolute atomic E-state index is 0.0341. The zero-order valence-electron chi connectivity index (χ0n) is 12.2. The van der Waals surface area contributed by atoms with Gasteiger partial charge in [-0.2, -0.15) is 0 Å². The lowest BCUT2D eigenvalue weighted by Gasteiger charge is -2.10. The van der Waals surface area contributed by atoms with E-state index in [0.29, 0.717) is 5.57 Å². The highest BCUT2D eigenvalue weighted by molar-refractivity contribution is 5.99. The Morgan fingerprint density at radius 2 is 1.29 bits per heavy atom. The quantitative estimate of drug-likeness (QED) is 0.506. The van der Waals surface area contributed by atoms with Crippen molar-refractivity contribution in [3.05, 3.63) is 89.2 Å². The topological polar surface area (TPSA) is 37.3 Å². The fraction of sp³-hybridized carbons (Fsp3) is 0.105. The van der Waals surface area contributed by atoms with Crippen LogP contribution in [0.15, 0.2) is 78.1 Å². The first-order chi connectivity index (χ1) is 10.1. The molecule has 0 heterocycles. The van der Waals surface area contributed by atoms with Crippen molar-refractivity contribution in [2.45, 2.75) is 13.8 Å². The zero-order valence-corrected chi connectivity index (χ0v) is 12.2. The number of Topliss-reactive ketones (excluding diaryl/α,β-unsaturated/α-hetero) is 1. The molecule has 106 valence electrons. The first-order valence-corrected chi connectivity index (χ1v) is 6.83. The van der Waals surface area contributed by atoms with Crippen molar-refractivity contribution >= 4 is 11.4 Å². The van der Waals surface area contributed by atoms with Gasteiger partial charge in [-0.05, 0) is 36.6 Å². The number of aliphatic hydroxyl groups excluding tert-OH is 1. The third kappa shape index (κ3) is 3.69. The molecule has 2 aromatic carbocycles. The minimum Gasteiger partial charge on any atom is -0.512 e. The van der Waals surface area contributed by atoms with Crippen LogP contribution in [0.4, 0.5) is 0 Å². The molecule has 0 unspecified atom stereocenters. The van der Waals surface area contributed by atoms with Crippen molar-refractivity contribution in [1.82, 2.24) is 0 Å². The largest absolute Gasteiger partial charge is 0.512 e. The van der Waals surface area contributed by atoms with Crippen molar-refractivity contribution < 1.29 is 9.90 Å². The predicted octanol–water partition coefficient (Wildman–Crippen LogP) is 4.54. The second-order valence-corrected chi connectivity index (χ2v) is 4.85. The lowest BCUT2D eigenvalue weighted by Crippen LogP contribution is -1.99. The molecule has 0 bridgehead atoms. The summed E-state index contributed by atoms with van der Waals surface area (Å²) in [7, 11) is 0. The molecular formula is C19H18O2. The van der Waals surface area contributed by atoms with Gasteiger partial charge in [-0.1, -0.05) is 60.7 Å². The van der Waals surface area contributed by atoms with E-state index in [1.165, 1.54) is 13.8 Å². The summed E-state index contributed by atoms with van der Waals surface area (Å²) in [6.45, 7) is 2.99. The molecule has 0 fully saturated rings. The van der Waals surface area contributed by atoms with Crippen LogP contribution in [-0.2, 0) is 4.79 Å². The molecule has 0 aromatic heterocycles. The Kier molecular flexibility index (Phi) is 4.72. The zero-order chi connectivity index (χ0) is 15.2. The summed E-state index contributed by atoms with van der Waals surface area (Å²) in [5.74, 6) is -0.119. The molecule has 2 rings (SSSR count). The third-order valence-corrected chi connectivity index (χ3v) is 3.23. The van der Waals surface area contributed by atoms with Crippen LogP contribution in [0.25, 0.3) is 5.57 Å². The smallest absolute Gasteiger partial charge is 0.163 e. The molecule has 0 amide bonds. The Bertz CT molecular complexity index is 635. The number of aliphatic hydroxyl groups is 1. The van der Waals surface area contributed by atoms with Gasteiger partial charge in [0.05, 0.1) is 11.3 Å². The van der Waals surface area contributed by atoms with Gasteiger partial charge in [0.2, 0.25) is 0 Å². The number of carbonyl (C=O) groups is 1. The van der Waals surface area contributed by atoms with Crippen molar-refractivity contribution in [2.75, 3.05) is 0 Å². The van der Waals surface area contributed by atoms with E-state index in [2.05, 4.69) is 0 Å². The van der Waals surface area contributed by atoms with Crippen molar-refractivity contribution in [3.8, 4) is 0 Å². The molecule has 0 aliphatic heterocycles. The fourth-order valence-electron chi connectivity index (χ4n) is 2.17. The molecule has 2 aromatic rings. The van der Waals surface area contributed by atoms with Gasteiger partial charge in [-0.15, -0.1) is 0 Å². The van der Waals surface area contributed by atoms with Crippen LogP contribution < -0.4 is 0 Å². The summed E-state index contributed by atoms with van der Waals surface area (Å²) in [6, 6.07) is 19.7. The molecule has 1 N–H and O–H groups in total. The molecule has 0 aliphatic rings. The summed E-state index contributed by atoms with van der Waals surface area (Å²) in [6.07, 6.45) is 1.75. The highest BCUT2D eigenvalue weighted by Gasteiger charge is 2.10. The number of rotatable bonds is 4. The molecule has 2 nitrogen and oxygen atoms in total. The monoisotopic (exact) mass is 278 g/mol. The SMILES string of the molecule is CC(=O)/C(C=C(c1ccccc1)c1ccccc1)=C(\C)O. The summed E-state index contributed by atoms with van der Waals surface area (Å²) in [5.41, 5.74) is 3.25. The van der Waals surface area contributed by atoms with Crippen LogP contribution in [0.1, 0.15) is 25.0 Å². The van der Waals surface area contributed by atoms with E-state index >= 15 is 0 Å². The number of allylic oxidation sites excluding steroid dienone is 3. The van der Waals surface area contributed by atoms with Gasteiger partial charge in [-0.25, -0.2) is 0 Å². The minimum atomic E-state index is -0.153. The summed E-state index contributed by atoms with van der Waals surface area (Å²) in [5, 5.41) is 9.74. The van der Waals surface area contributed by atoms with Gasteiger partial charge in [-0.3, -0.25) is 4.79 Å². The van der Waals surface area contributed by atoms with Gasteiger partial charge in [0.1, 0.15) is 0 Å². The number of hydrogen-bond acceptors (Lipinski definition) is 2. The van der Waals surface area contributed by atoms with Crippen LogP contribution >= 0.6 is 0 Å². The molecular weight excluding hydrogens is 260 g/mol. The number of benzene rings is 2. The molecule has 0 spiro atoms. The maximum Gasteiger partial charge on any atom is 0.163 e. The maximum atomic E-state index is 11.7. The van der Waals surface area contributed by atoms with E-state index < -0.39 is 0 Å². The Balaban J connectivity index is 2.63. The second kappa shape index (κ2) is 6.71.